The first-order valence-corrected chi connectivity index (χ1v) is 8.93. The summed E-state index contributed by atoms with van der Waals surface area (Å²) >= 11 is 0. The molecule has 0 aliphatic heterocycles. The molecule has 0 fully saturated rings. The van der Waals surface area contributed by atoms with E-state index in [2.05, 4.69) is 17.0 Å². The number of phenols is 1. The zero-order valence-electron chi connectivity index (χ0n) is 15.2. The van der Waals surface area contributed by atoms with Gasteiger partial charge in [0.15, 0.2) is 0 Å². The molecule has 0 radical (unpaired) electrons. The van der Waals surface area contributed by atoms with Gasteiger partial charge in [-0.2, -0.15) is 0 Å². The van der Waals surface area contributed by atoms with Crippen LogP contribution in [-0.2, 0) is 9.47 Å². The standard InChI is InChI=1S/C19H29NO5/c1-3-4-5-6-7-8-9-10-13-25-19(23)20-16-12-11-15(14-17(16)21)18(22)24-2/h11-12,14,21H,3-10,13H2,1-2H3,(H,20,23). The van der Waals surface area contributed by atoms with Crippen molar-refractivity contribution in [3.05, 3.63) is 23.8 Å². The summed E-state index contributed by atoms with van der Waals surface area (Å²) in [5.74, 6) is -0.772. The van der Waals surface area contributed by atoms with Gasteiger partial charge in [0.25, 0.3) is 0 Å². The van der Waals surface area contributed by atoms with Crippen molar-refractivity contribution in [1.82, 2.24) is 0 Å². The van der Waals surface area contributed by atoms with Gasteiger partial charge in [0.1, 0.15) is 5.75 Å². The monoisotopic (exact) mass is 351 g/mol. The normalized spacial score (nSPS) is 10.3. The number of carbonyl (C=O) groups excluding carboxylic acids is 2. The van der Waals surface area contributed by atoms with Crippen LogP contribution in [0.25, 0.3) is 0 Å². The average molecular weight is 351 g/mol. The molecule has 0 heterocycles. The van der Waals surface area contributed by atoms with Crippen molar-refractivity contribution in [2.45, 2.75) is 58.3 Å². The molecule has 6 heteroatoms. The van der Waals surface area contributed by atoms with E-state index in [-0.39, 0.29) is 17.0 Å². The van der Waals surface area contributed by atoms with Crippen LogP contribution in [0.4, 0.5) is 10.5 Å². The van der Waals surface area contributed by atoms with Crippen LogP contribution in [0.15, 0.2) is 18.2 Å². The van der Waals surface area contributed by atoms with Crippen molar-refractivity contribution >= 4 is 17.7 Å². The quantitative estimate of drug-likeness (QED) is 0.337. The molecule has 6 nitrogen and oxygen atoms in total. The second-order valence-corrected chi connectivity index (χ2v) is 5.96. The van der Waals surface area contributed by atoms with Gasteiger partial charge in [-0.1, -0.05) is 51.9 Å². The van der Waals surface area contributed by atoms with E-state index in [4.69, 9.17) is 4.74 Å². The number of phenolic OH excluding ortho intramolecular Hbond substituents is 1. The fraction of sp³-hybridized carbons (Fsp3) is 0.579. The highest BCUT2D eigenvalue weighted by Crippen LogP contribution is 2.24. The topological polar surface area (TPSA) is 84.9 Å². The number of esters is 1. The van der Waals surface area contributed by atoms with Gasteiger partial charge in [-0.05, 0) is 24.6 Å². The van der Waals surface area contributed by atoms with Crippen LogP contribution in [0.2, 0.25) is 0 Å². The molecule has 1 amide bonds. The number of carbonyl (C=O) groups is 2. The summed E-state index contributed by atoms with van der Waals surface area (Å²) in [6.07, 6.45) is 8.76. The highest BCUT2D eigenvalue weighted by atomic mass is 16.5. The predicted molar refractivity (Wildman–Crippen MR) is 97.0 cm³/mol. The minimum atomic E-state index is -0.621. The molecule has 140 valence electrons. The van der Waals surface area contributed by atoms with Crippen LogP contribution in [0, 0.1) is 0 Å². The Hall–Kier alpha value is -2.24. The highest BCUT2D eigenvalue weighted by Gasteiger charge is 2.11. The van der Waals surface area contributed by atoms with E-state index < -0.39 is 12.1 Å². The SMILES string of the molecule is CCCCCCCCCCOC(=O)Nc1ccc(C(=O)OC)cc1O. The summed E-state index contributed by atoms with van der Waals surface area (Å²) < 4.78 is 9.65. The first-order valence-electron chi connectivity index (χ1n) is 8.93. The highest BCUT2D eigenvalue weighted by molar-refractivity contribution is 5.92. The number of amides is 1. The number of hydrogen-bond acceptors (Lipinski definition) is 5. The molecule has 2 N–H and O–H groups in total. The van der Waals surface area contributed by atoms with Crippen molar-refractivity contribution in [1.29, 1.82) is 0 Å². The van der Waals surface area contributed by atoms with Crippen molar-refractivity contribution in [2.75, 3.05) is 19.0 Å². The molecule has 0 unspecified atom stereocenters. The second kappa shape index (κ2) is 12.2. The summed E-state index contributed by atoms with van der Waals surface area (Å²) in [4.78, 5) is 23.1. The summed E-state index contributed by atoms with van der Waals surface area (Å²) in [5, 5.41) is 12.3. The Morgan fingerprint density at radius 2 is 1.68 bits per heavy atom. The molecule has 0 atom stereocenters. The summed E-state index contributed by atoms with van der Waals surface area (Å²) in [6.45, 7) is 2.55. The molecule has 1 aromatic rings. The zero-order chi connectivity index (χ0) is 18.5. The lowest BCUT2D eigenvalue weighted by Gasteiger charge is -2.09. The maximum Gasteiger partial charge on any atom is 0.411 e. The van der Waals surface area contributed by atoms with Gasteiger partial charge in [0.2, 0.25) is 0 Å². The maximum atomic E-state index is 11.7. The minimum absolute atomic E-state index is 0.188. The van der Waals surface area contributed by atoms with E-state index in [1.54, 1.807) is 0 Å². The van der Waals surface area contributed by atoms with Gasteiger partial charge in [0.05, 0.1) is 25.0 Å². The smallest absolute Gasteiger partial charge is 0.411 e. The molecule has 1 rings (SSSR count). The van der Waals surface area contributed by atoms with Crippen LogP contribution >= 0.6 is 0 Å². The predicted octanol–water partition coefficient (Wildman–Crippen LogP) is 4.87. The van der Waals surface area contributed by atoms with Gasteiger partial charge >= 0.3 is 12.1 Å². The molecule has 0 saturated heterocycles. The first-order chi connectivity index (χ1) is 12.1. The van der Waals surface area contributed by atoms with E-state index in [1.165, 1.54) is 57.4 Å². The van der Waals surface area contributed by atoms with Crippen LogP contribution < -0.4 is 5.32 Å². The van der Waals surface area contributed by atoms with E-state index >= 15 is 0 Å². The Morgan fingerprint density at radius 3 is 2.28 bits per heavy atom. The number of ether oxygens (including phenoxy) is 2. The molecular formula is C19H29NO5. The Morgan fingerprint density at radius 1 is 1.04 bits per heavy atom. The number of anilines is 1. The van der Waals surface area contributed by atoms with E-state index in [9.17, 15) is 14.7 Å². The lowest BCUT2D eigenvalue weighted by molar-refractivity contribution is 0.0600. The van der Waals surface area contributed by atoms with Gasteiger partial charge in [-0.15, -0.1) is 0 Å². The third-order valence-corrected chi connectivity index (χ3v) is 3.89. The fourth-order valence-electron chi connectivity index (χ4n) is 2.43. The van der Waals surface area contributed by atoms with E-state index in [0.29, 0.717) is 6.61 Å². The summed E-state index contributed by atoms with van der Waals surface area (Å²) in [6, 6.07) is 4.12. The largest absolute Gasteiger partial charge is 0.506 e. The van der Waals surface area contributed by atoms with Crippen molar-refractivity contribution in [3.63, 3.8) is 0 Å². The Kier molecular flexibility index (Phi) is 10.1. The van der Waals surface area contributed by atoms with Gasteiger partial charge in [0, 0.05) is 0 Å². The molecular weight excluding hydrogens is 322 g/mol. The number of aromatic hydroxyl groups is 1. The molecule has 0 bridgehead atoms. The third-order valence-electron chi connectivity index (χ3n) is 3.89. The molecule has 0 aliphatic carbocycles. The van der Waals surface area contributed by atoms with E-state index in [1.807, 2.05) is 0 Å². The Labute approximate surface area is 149 Å². The number of rotatable bonds is 11. The van der Waals surface area contributed by atoms with Crippen LogP contribution in [-0.4, -0.2) is 30.9 Å². The van der Waals surface area contributed by atoms with Gasteiger partial charge in [-0.25, -0.2) is 9.59 Å². The molecule has 1 aromatic carbocycles. The lowest BCUT2D eigenvalue weighted by Crippen LogP contribution is -2.14. The van der Waals surface area contributed by atoms with Crippen molar-refractivity contribution < 1.29 is 24.2 Å². The Balaban J connectivity index is 2.21. The second-order valence-electron chi connectivity index (χ2n) is 5.96. The average Bonchev–Trinajstić information content (AvgIpc) is 2.61. The number of unbranched alkanes of at least 4 members (excludes halogenated alkanes) is 7. The summed E-state index contributed by atoms with van der Waals surface area (Å²) in [5.41, 5.74) is 0.395. The fourth-order valence-corrected chi connectivity index (χ4v) is 2.43. The molecule has 0 spiro atoms. The third kappa shape index (κ3) is 8.42. The molecule has 0 saturated carbocycles. The molecule has 0 aromatic heterocycles. The van der Waals surface area contributed by atoms with Gasteiger partial charge in [-0.3, -0.25) is 5.32 Å². The van der Waals surface area contributed by atoms with Gasteiger partial charge < -0.3 is 14.6 Å². The number of benzene rings is 1. The lowest BCUT2D eigenvalue weighted by atomic mass is 10.1. The van der Waals surface area contributed by atoms with Crippen LogP contribution in [0.1, 0.15) is 68.6 Å². The van der Waals surface area contributed by atoms with Crippen molar-refractivity contribution in [3.8, 4) is 5.75 Å². The maximum absolute atomic E-state index is 11.7. The Bertz CT molecular complexity index is 545. The minimum Gasteiger partial charge on any atom is -0.506 e. The number of hydrogen-bond donors (Lipinski definition) is 2. The van der Waals surface area contributed by atoms with Crippen molar-refractivity contribution in [2.24, 2.45) is 0 Å². The first kappa shape index (κ1) is 20.8. The number of methoxy groups -OCH3 is 1. The molecule has 25 heavy (non-hydrogen) atoms. The number of nitrogens with one attached hydrogen (secondary N) is 1. The van der Waals surface area contributed by atoms with Crippen LogP contribution in [0.3, 0.4) is 0 Å². The van der Waals surface area contributed by atoms with Crippen LogP contribution in [0.5, 0.6) is 5.75 Å². The van der Waals surface area contributed by atoms with E-state index in [0.717, 1.165) is 19.3 Å². The molecule has 0 aliphatic rings. The zero-order valence-corrected chi connectivity index (χ0v) is 15.2. The summed E-state index contributed by atoms with van der Waals surface area (Å²) in [7, 11) is 1.26.